The molecule has 0 saturated heterocycles. The molecule has 4 heteroatoms. The van der Waals surface area contributed by atoms with Gasteiger partial charge in [-0.3, -0.25) is 0 Å². The predicted octanol–water partition coefficient (Wildman–Crippen LogP) is 3.64. The lowest BCUT2D eigenvalue weighted by atomic mass is 9.98. The number of hydrogen-bond donors (Lipinski definition) is 1. The lowest BCUT2D eigenvalue weighted by molar-refractivity contribution is 0.0687. The second-order valence-corrected chi connectivity index (χ2v) is 5.22. The Morgan fingerprint density at radius 1 is 1.20 bits per heavy atom. The average molecular weight is 271 g/mol. The van der Waals surface area contributed by atoms with E-state index in [0.717, 1.165) is 23.6 Å². The number of benzene rings is 1. The minimum absolute atomic E-state index is 0.0366. The van der Waals surface area contributed by atoms with Crippen LogP contribution in [0.15, 0.2) is 30.3 Å². The van der Waals surface area contributed by atoms with Gasteiger partial charge in [0.2, 0.25) is 5.88 Å². The predicted molar refractivity (Wildman–Crippen MR) is 76.2 cm³/mol. The molecule has 1 aromatic heterocycles. The molecule has 104 valence electrons. The van der Waals surface area contributed by atoms with Crippen molar-refractivity contribution in [1.82, 2.24) is 4.98 Å². The smallest absolute Gasteiger partial charge is 0.354 e. The van der Waals surface area contributed by atoms with Crippen LogP contribution < -0.4 is 4.74 Å². The first-order valence-electron chi connectivity index (χ1n) is 7.04. The molecular weight excluding hydrogens is 254 g/mol. The number of carbonyl (C=O) groups is 1. The second-order valence-electron chi connectivity index (χ2n) is 5.22. The number of nitrogens with zero attached hydrogens (tertiary/aromatic N) is 1. The maximum Gasteiger partial charge on any atom is 0.354 e. The van der Waals surface area contributed by atoms with Crippen LogP contribution in [0, 0.1) is 0 Å². The summed E-state index contributed by atoms with van der Waals surface area (Å²) < 4.78 is 5.98. The minimum atomic E-state index is -1.02. The van der Waals surface area contributed by atoms with Gasteiger partial charge in [-0.1, -0.05) is 24.6 Å². The summed E-state index contributed by atoms with van der Waals surface area (Å²) in [4.78, 5) is 15.3. The number of carboxylic acids is 1. The number of pyridine rings is 1. The molecule has 0 amide bonds. The Balaban J connectivity index is 2.00. The van der Waals surface area contributed by atoms with Gasteiger partial charge in [0.15, 0.2) is 5.69 Å². The number of fused-ring (bicyclic) bond motifs is 1. The van der Waals surface area contributed by atoms with Crippen LogP contribution in [-0.4, -0.2) is 22.2 Å². The summed E-state index contributed by atoms with van der Waals surface area (Å²) in [6, 6.07) is 9.20. The van der Waals surface area contributed by atoms with Crippen LogP contribution in [0.25, 0.3) is 10.8 Å². The van der Waals surface area contributed by atoms with Crippen LogP contribution in [0.3, 0.4) is 0 Å². The molecule has 0 spiro atoms. The van der Waals surface area contributed by atoms with E-state index in [9.17, 15) is 4.79 Å². The van der Waals surface area contributed by atoms with Crippen LogP contribution in [0.5, 0.6) is 5.88 Å². The quantitative estimate of drug-likeness (QED) is 0.925. The lowest BCUT2D eigenvalue weighted by Crippen LogP contribution is -2.20. The fraction of sp³-hybridized carbons (Fsp3) is 0.375. The van der Waals surface area contributed by atoms with Crippen LogP contribution in [0.4, 0.5) is 0 Å². The molecular formula is C16H17NO3. The Hall–Kier alpha value is -2.10. The van der Waals surface area contributed by atoms with E-state index in [0.29, 0.717) is 5.88 Å². The van der Waals surface area contributed by atoms with Gasteiger partial charge in [0, 0.05) is 5.39 Å². The minimum Gasteiger partial charge on any atom is -0.477 e. The van der Waals surface area contributed by atoms with Gasteiger partial charge >= 0.3 is 5.97 Å². The Morgan fingerprint density at radius 3 is 2.70 bits per heavy atom. The molecule has 20 heavy (non-hydrogen) atoms. The highest BCUT2D eigenvalue weighted by molar-refractivity contribution is 5.94. The second kappa shape index (κ2) is 5.49. The van der Waals surface area contributed by atoms with Crippen molar-refractivity contribution in [3.8, 4) is 5.88 Å². The first kappa shape index (κ1) is 12.9. The molecule has 0 unspecified atom stereocenters. The van der Waals surface area contributed by atoms with E-state index < -0.39 is 5.97 Å². The standard InChI is InChI=1S/C16H17NO3/c18-16(19)14-10-11-6-4-5-9-13(11)15(17-14)20-12-7-2-1-3-8-12/h4-6,9-10,12H,1-3,7-8H2,(H,18,19). The van der Waals surface area contributed by atoms with Gasteiger partial charge in [0.05, 0.1) is 0 Å². The van der Waals surface area contributed by atoms with Gasteiger partial charge in [-0.25, -0.2) is 9.78 Å². The van der Waals surface area contributed by atoms with Crippen molar-refractivity contribution >= 4 is 16.7 Å². The molecule has 1 fully saturated rings. The number of carboxylic acid groups (broad SMARTS) is 1. The van der Waals surface area contributed by atoms with Crippen LogP contribution in [-0.2, 0) is 0 Å². The van der Waals surface area contributed by atoms with E-state index in [-0.39, 0.29) is 11.8 Å². The molecule has 1 saturated carbocycles. The van der Waals surface area contributed by atoms with Gasteiger partial charge < -0.3 is 9.84 Å². The topological polar surface area (TPSA) is 59.4 Å². The maximum atomic E-state index is 11.2. The number of hydrogen-bond acceptors (Lipinski definition) is 3. The molecule has 1 heterocycles. The first-order chi connectivity index (χ1) is 9.74. The van der Waals surface area contributed by atoms with E-state index in [1.807, 2.05) is 24.3 Å². The van der Waals surface area contributed by atoms with E-state index in [1.54, 1.807) is 6.07 Å². The van der Waals surface area contributed by atoms with Gasteiger partial charge in [-0.2, -0.15) is 0 Å². The van der Waals surface area contributed by atoms with E-state index in [1.165, 1.54) is 19.3 Å². The summed E-state index contributed by atoms with van der Waals surface area (Å²) in [5.74, 6) is -0.573. The van der Waals surface area contributed by atoms with Crippen LogP contribution >= 0.6 is 0 Å². The third kappa shape index (κ3) is 2.59. The van der Waals surface area contributed by atoms with Crippen molar-refractivity contribution < 1.29 is 14.6 Å². The lowest BCUT2D eigenvalue weighted by Gasteiger charge is -2.23. The molecule has 0 atom stereocenters. The summed E-state index contributed by atoms with van der Waals surface area (Å²) in [7, 11) is 0. The molecule has 0 aliphatic heterocycles. The van der Waals surface area contributed by atoms with Crippen molar-refractivity contribution in [2.24, 2.45) is 0 Å². The van der Waals surface area contributed by atoms with Crippen molar-refractivity contribution in [1.29, 1.82) is 0 Å². The summed E-state index contributed by atoms with van der Waals surface area (Å²) >= 11 is 0. The third-order valence-electron chi connectivity index (χ3n) is 3.76. The Labute approximate surface area is 117 Å². The Morgan fingerprint density at radius 2 is 1.95 bits per heavy atom. The summed E-state index contributed by atoms with van der Waals surface area (Å²) in [6.07, 6.45) is 5.79. The van der Waals surface area contributed by atoms with Gasteiger partial charge in [-0.15, -0.1) is 0 Å². The van der Waals surface area contributed by atoms with E-state index in [4.69, 9.17) is 9.84 Å². The van der Waals surface area contributed by atoms with Crippen molar-refractivity contribution in [2.75, 3.05) is 0 Å². The fourth-order valence-corrected chi connectivity index (χ4v) is 2.71. The molecule has 1 aliphatic rings. The molecule has 0 radical (unpaired) electrons. The largest absolute Gasteiger partial charge is 0.477 e. The molecule has 0 bridgehead atoms. The van der Waals surface area contributed by atoms with Crippen LogP contribution in [0.1, 0.15) is 42.6 Å². The van der Waals surface area contributed by atoms with Crippen molar-refractivity contribution in [3.05, 3.63) is 36.0 Å². The molecule has 1 aromatic carbocycles. The molecule has 2 aromatic rings. The molecule has 3 rings (SSSR count). The van der Waals surface area contributed by atoms with Gasteiger partial charge in [-0.05, 0) is 43.2 Å². The molecule has 4 nitrogen and oxygen atoms in total. The van der Waals surface area contributed by atoms with Crippen molar-refractivity contribution in [3.63, 3.8) is 0 Å². The highest BCUT2D eigenvalue weighted by Crippen LogP contribution is 2.28. The van der Waals surface area contributed by atoms with E-state index in [2.05, 4.69) is 4.98 Å². The van der Waals surface area contributed by atoms with Crippen molar-refractivity contribution in [2.45, 2.75) is 38.2 Å². The third-order valence-corrected chi connectivity index (χ3v) is 3.76. The fourth-order valence-electron chi connectivity index (χ4n) is 2.71. The zero-order valence-electron chi connectivity index (χ0n) is 11.2. The number of rotatable bonds is 3. The van der Waals surface area contributed by atoms with E-state index >= 15 is 0 Å². The molecule has 1 aliphatic carbocycles. The molecule has 1 N–H and O–H groups in total. The Bertz CT molecular complexity index is 633. The van der Waals surface area contributed by atoms with Gasteiger partial charge in [0.1, 0.15) is 6.10 Å². The summed E-state index contributed by atoms with van der Waals surface area (Å²) in [5.41, 5.74) is 0.0366. The van der Waals surface area contributed by atoms with Crippen LogP contribution in [0.2, 0.25) is 0 Å². The SMILES string of the molecule is O=C(O)c1cc2ccccc2c(OC2CCCCC2)n1. The highest BCUT2D eigenvalue weighted by atomic mass is 16.5. The zero-order valence-corrected chi connectivity index (χ0v) is 11.2. The maximum absolute atomic E-state index is 11.2. The summed E-state index contributed by atoms with van der Waals surface area (Å²) in [6.45, 7) is 0. The highest BCUT2D eigenvalue weighted by Gasteiger charge is 2.18. The zero-order chi connectivity index (χ0) is 13.9. The normalized spacial score (nSPS) is 16.2. The number of aromatic nitrogens is 1. The Kier molecular flexibility index (Phi) is 3.54. The summed E-state index contributed by atoms with van der Waals surface area (Å²) in [5, 5.41) is 10.9. The number of aromatic carboxylic acids is 1. The number of ether oxygens (including phenoxy) is 1. The van der Waals surface area contributed by atoms with Gasteiger partial charge in [0.25, 0.3) is 0 Å². The average Bonchev–Trinajstić information content (AvgIpc) is 2.48. The monoisotopic (exact) mass is 271 g/mol. The first-order valence-corrected chi connectivity index (χ1v) is 7.04.